The molecule has 0 atom stereocenters. The molecule has 1 aliphatic heterocycles. The van der Waals surface area contributed by atoms with Gasteiger partial charge in [-0.25, -0.2) is 22.0 Å². The van der Waals surface area contributed by atoms with E-state index in [2.05, 4.69) is 0 Å². The minimum atomic E-state index is -4.03. The van der Waals surface area contributed by atoms with E-state index < -0.39 is 19.9 Å². The lowest BCUT2D eigenvalue weighted by Gasteiger charge is -2.36. The number of nitrogens with two attached hydrogens (primary N) is 1. The standard InChI is InChI=1S/C18H23N3O6S2/c1-12-10-15(13(2)27-12)18(22)21-8-6-20(7-9-21)16-5-4-14(29(19,25)26)11-17(16)28(3,23)24/h4-5,10-11H,6-9H2,1-3H3,(H2,19,25,26). The molecule has 0 saturated carbocycles. The number of furan rings is 1. The number of hydrogen-bond donors (Lipinski definition) is 1. The fourth-order valence-corrected chi connectivity index (χ4v) is 4.93. The first-order valence-corrected chi connectivity index (χ1v) is 12.3. The van der Waals surface area contributed by atoms with Gasteiger partial charge in [-0.1, -0.05) is 0 Å². The first kappa shape index (κ1) is 21.3. The van der Waals surface area contributed by atoms with Crippen LogP contribution in [0.2, 0.25) is 0 Å². The summed E-state index contributed by atoms with van der Waals surface area (Å²) in [6.07, 6.45) is 1.02. The molecule has 29 heavy (non-hydrogen) atoms. The number of hydrogen-bond acceptors (Lipinski definition) is 7. The molecule has 1 aromatic carbocycles. The van der Waals surface area contributed by atoms with Crippen LogP contribution in [0.25, 0.3) is 0 Å². The fraction of sp³-hybridized carbons (Fsp3) is 0.389. The second kappa shape index (κ2) is 7.47. The SMILES string of the molecule is Cc1cc(C(=O)N2CCN(c3ccc(S(N)(=O)=O)cc3S(C)(=O)=O)CC2)c(C)o1. The van der Waals surface area contributed by atoms with Crippen molar-refractivity contribution < 1.29 is 26.0 Å². The number of piperazine rings is 1. The second-order valence-corrected chi connectivity index (χ2v) is 10.6. The number of primary sulfonamides is 1. The molecule has 2 heterocycles. The van der Waals surface area contributed by atoms with E-state index in [-0.39, 0.29) is 15.7 Å². The summed E-state index contributed by atoms with van der Waals surface area (Å²) in [5, 5.41) is 5.13. The van der Waals surface area contributed by atoms with Gasteiger partial charge in [0.2, 0.25) is 10.0 Å². The molecule has 1 aromatic heterocycles. The number of carbonyl (C=O) groups is 1. The summed E-state index contributed by atoms with van der Waals surface area (Å²) < 4.78 is 53.1. The average Bonchev–Trinajstić information content (AvgIpc) is 2.97. The smallest absolute Gasteiger partial charge is 0.257 e. The lowest BCUT2D eigenvalue weighted by Crippen LogP contribution is -2.49. The van der Waals surface area contributed by atoms with E-state index in [4.69, 9.17) is 9.56 Å². The number of sulfone groups is 1. The normalized spacial score (nSPS) is 15.6. The number of rotatable bonds is 4. The third-order valence-corrected chi connectivity index (χ3v) is 6.88. The van der Waals surface area contributed by atoms with Crippen molar-refractivity contribution >= 4 is 31.5 Å². The predicted molar refractivity (Wildman–Crippen MR) is 107 cm³/mol. The molecule has 0 radical (unpaired) electrons. The zero-order chi connectivity index (χ0) is 21.6. The summed E-state index contributed by atoms with van der Waals surface area (Å²) >= 11 is 0. The van der Waals surface area contributed by atoms with Crippen LogP contribution in [0, 0.1) is 13.8 Å². The van der Waals surface area contributed by atoms with E-state index in [9.17, 15) is 21.6 Å². The van der Waals surface area contributed by atoms with Crippen LogP contribution >= 0.6 is 0 Å². The Morgan fingerprint density at radius 3 is 2.14 bits per heavy atom. The molecular formula is C18H23N3O6S2. The molecule has 1 saturated heterocycles. The summed E-state index contributed by atoms with van der Waals surface area (Å²) in [6, 6.07) is 5.51. The Morgan fingerprint density at radius 1 is 1.03 bits per heavy atom. The summed E-state index contributed by atoms with van der Waals surface area (Å²) in [4.78, 5) is 15.9. The van der Waals surface area contributed by atoms with Gasteiger partial charge < -0.3 is 14.2 Å². The van der Waals surface area contributed by atoms with Gasteiger partial charge in [0.25, 0.3) is 5.91 Å². The van der Waals surface area contributed by atoms with Gasteiger partial charge >= 0.3 is 0 Å². The van der Waals surface area contributed by atoms with E-state index in [1.165, 1.54) is 12.1 Å². The van der Waals surface area contributed by atoms with Gasteiger partial charge in [0.1, 0.15) is 11.5 Å². The van der Waals surface area contributed by atoms with Crippen molar-refractivity contribution in [2.24, 2.45) is 5.14 Å². The lowest BCUT2D eigenvalue weighted by atomic mass is 10.2. The highest BCUT2D eigenvalue weighted by Crippen LogP contribution is 2.29. The molecule has 1 fully saturated rings. The van der Waals surface area contributed by atoms with Crippen molar-refractivity contribution in [3.63, 3.8) is 0 Å². The first-order chi connectivity index (χ1) is 13.4. The highest BCUT2D eigenvalue weighted by Gasteiger charge is 2.28. The van der Waals surface area contributed by atoms with E-state index in [0.717, 1.165) is 12.3 Å². The number of sulfonamides is 1. The maximum Gasteiger partial charge on any atom is 0.257 e. The highest BCUT2D eigenvalue weighted by molar-refractivity contribution is 7.91. The van der Waals surface area contributed by atoms with Crippen molar-refractivity contribution in [2.45, 2.75) is 23.6 Å². The van der Waals surface area contributed by atoms with E-state index >= 15 is 0 Å². The Hall–Kier alpha value is -2.37. The first-order valence-electron chi connectivity index (χ1n) is 8.86. The van der Waals surface area contributed by atoms with Crippen LogP contribution in [0.5, 0.6) is 0 Å². The third-order valence-electron chi connectivity index (χ3n) is 4.84. The van der Waals surface area contributed by atoms with Crippen LogP contribution in [-0.2, 0) is 19.9 Å². The summed E-state index contributed by atoms with van der Waals surface area (Å²) in [5.41, 5.74) is 0.910. The van der Waals surface area contributed by atoms with Crippen LogP contribution < -0.4 is 10.0 Å². The zero-order valence-electron chi connectivity index (χ0n) is 16.4. The molecule has 0 unspecified atom stereocenters. The number of amides is 1. The van der Waals surface area contributed by atoms with E-state index in [1.54, 1.807) is 24.8 Å². The summed E-state index contributed by atoms with van der Waals surface area (Å²) in [6.45, 7) is 5.10. The lowest BCUT2D eigenvalue weighted by molar-refractivity contribution is 0.0745. The van der Waals surface area contributed by atoms with Crippen LogP contribution in [-0.4, -0.2) is 60.1 Å². The molecule has 11 heteroatoms. The van der Waals surface area contributed by atoms with Crippen LogP contribution in [0.4, 0.5) is 5.69 Å². The van der Waals surface area contributed by atoms with Gasteiger partial charge in [0, 0.05) is 32.4 Å². The predicted octanol–water partition coefficient (Wildman–Crippen LogP) is 0.910. The monoisotopic (exact) mass is 441 g/mol. The highest BCUT2D eigenvalue weighted by atomic mass is 32.2. The maximum atomic E-state index is 12.7. The molecule has 2 N–H and O–H groups in total. The molecule has 2 aromatic rings. The minimum absolute atomic E-state index is 0.106. The zero-order valence-corrected chi connectivity index (χ0v) is 18.0. The van der Waals surface area contributed by atoms with Gasteiger partial charge in [-0.3, -0.25) is 4.79 Å². The van der Waals surface area contributed by atoms with Crippen molar-refractivity contribution in [2.75, 3.05) is 37.3 Å². The third kappa shape index (κ3) is 4.46. The van der Waals surface area contributed by atoms with Crippen molar-refractivity contribution in [3.8, 4) is 0 Å². The van der Waals surface area contributed by atoms with Crippen molar-refractivity contribution in [1.29, 1.82) is 0 Å². The molecule has 1 amide bonds. The molecule has 0 bridgehead atoms. The molecular weight excluding hydrogens is 418 g/mol. The molecule has 158 valence electrons. The van der Waals surface area contributed by atoms with Crippen molar-refractivity contribution in [3.05, 3.63) is 41.3 Å². The van der Waals surface area contributed by atoms with Gasteiger partial charge in [0.05, 0.1) is 21.0 Å². The Morgan fingerprint density at radius 2 is 1.66 bits per heavy atom. The Balaban J connectivity index is 1.84. The molecule has 9 nitrogen and oxygen atoms in total. The van der Waals surface area contributed by atoms with Gasteiger partial charge in [-0.15, -0.1) is 0 Å². The van der Waals surface area contributed by atoms with Gasteiger partial charge in [-0.2, -0.15) is 0 Å². The fourth-order valence-electron chi connectivity index (χ4n) is 3.39. The topological polar surface area (TPSA) is 131 Å². The Kier molecular flexibility index (Phi) is 5.50. The van der Waals surface area contributed by atoms with Crippen LogP contribution in [0.1, 0.15) is 21.9 Å². The molecule has 0 spiro atoms. The van der Waals surface area contributed by atoms with Gasteiger partial charge in [-0.05, 0) is 38.1 Å². The average molecular weight is 442 g/mol. The number of nitrogens with zero attached hydrogens (tertiary/aromatic N) is 2. The maximum absolute atomic E-state index is 12.7. The number of benzene rings is 1. The van der Waals surface area contributed by atoms with Gasteiger partial charge in [0.15, 0.2) is 9.84 Å². The minimum Gasteiger partial charge on any atom is -0.466 e. The van der Waals surface area contributed by atoms with Crippen LogP contribution in [0.3, 0.4) is 0 Å². The summed E-state index contributed by atoms with van der Waals surface area (Å²) in [7, 11) is -7.73. The largest absolute Gasteiger partial charge is 0.466 e. The number of aryl methyl sites for hydroxylation is 2. The molecule has 1 aliphatic rings. The quantitative estimate of drug-likeness (QED) is 0.746. The van der Waals surface area contributed by atoms with E-state index in [0.29, 0.717) is 49.0 Å². The second-order valence-electron chi connectivity index (χ2n) is 7.05. The summed E-state index contributed by atoms with van der Waals surface area (Å²) in [5.74, 6) is 1.09. The Bertz CT molecular complexity index is 1160. The molecule has 0 aliphatic carbocycles. The number of anilines is 1. The van der Waals surface area contributed by atoms with E-state index in [1.807, 2.05) is 4.90 Å². The molecule has 3 rings (SSSR count). The number of carbonyl (C=O) groups excluding carboxylic acids is 1. The Labute approximate surface area is 170 Å². The van der Waals surface area contributed by atoms with Crippen LogP contribution in [0.15, 0.2) is 38.5 Å². The van der Waals surface area contributed by atoms with Crippen molar-refractivity contribution in [1.82, 2.24) is 4.90 Å².